The van der Waals surface area contributed by atoms with Gasteiger partial charge in [-0.25, -0.2) is 0 Å². The minimum absolute atomic E-state index is 0. The molecule has 0 spiro atoms. The molecule has 7 heteroatoms. The van der Waals surface area contributed by atoms with Crippen molar-refractivity contribution in [1.29, 1.82) is 0 Å². The van der Waals surface area contributed by atoms with Gasteiger partial charge in [0.05, 0.1) is 16.7 Å². The van der Waals surface area contributed by atoms with Crippen LogP contribution in [0.15, 0.2) is 41.1 Å². The van der Waals surface area contributed by atoms with Crippen molar-refractivity contribution in [2.24, 2.45) is 5.73 Å². The maximum Gasteiger partial charge on any atom is 0.240 e. The first-order valence-corrected chi connectivity index (χ1v) is 7.17. The van der Waals surface area contributed by atoms with E-state index in [9.17, 15) is 4.79 Å². The monoisotopic (exact) mass is 372 g/mol. The number of aromatic nitrogens is 2. The van der Waals surface area contributed by atoms with Crippen LogP contribution in [0.1, 0.15) is 12.5 Å². The fraction of sp³-hybridized carbons (Fsp3) is 0.286. The lowest BCUT2D eigenvalue weighted by Crippen LogP contribution is -2.32. The van der Waals surface area contributed by atoms with Crippen molar-refractivity contribution in [3.63, 3.8) is 0 Å². The number of nitrogens with one attached hydrogen (secondary N) is 1. The van der Waals surface area contributed by atoms with Gasteiger partial charge in [-0.05, 0) is 47.0 Å². The molecule has 3 N–H and O–H groups in total. The standard InChI is InChI=1S/C14H17BrN4O.ClH/c1-10(16)14(20)18-13-4-2-11(3-5-13)6-7-19-9-12(15)8-17-19;/h2-5,8-10H,6-7,16H2,1H3,(H,18,20);1H/t10-;/m0./s1. The van der Waals surface area contributed by atoms with E-state index >= 15 is 0 Å². The molecule has 0 fully saturated rings. The van der Waals surface area contributed by atoms with Gasteiger partial charge in [-0.2, -0.15) is 5.10 Å². The van der Waals surface area contributed by atoms with E-state index in [-0.39, 0.29) is 18.3 Å². The number of hydrogen-bond donors (Lipinski definition) is 2. The summed E-state index contributed by atoms with van der Waals surface area (Å²) < 4.78 is 2.86. The molecule has 1 aromatic carbocycles. The van der Waals surface area contributed by atoms with E-state index in [1.807, 2.05) is 35.1 Å². The summed E-state index contributed by atoms with van der Waals surface area (Å²) in [6.45, 7) is 2.48. The number of halogens is 2. The van der Waals surface area contributed by atoms with Gasteiger partial charge in [0.1, 0.15) is 0 Å². The van der Waals surface area contributed by atoms with E-state index in [0.717, 1.165) is 23.1 Å². The van der Waals surface area contributed by atoms with Crippen LogP contribution in [0.25, 0.3) is 0 Å². The van der Waals surface area contributed by atoms with Gasteiger partial charge in [-0.15, -0.1) is 12.4 Å². The van der Waals surface area contributed by atoms with Gasteiger partial charge in [-0.3, -0.25) is 9.48 Å². The first kappa shape index (κ1) is 17.7. The van der Waals surface area contributed by atoms with Gasteiger partial charge in [0.15, 0.2) is 0 Å². The molecule has 2 aromatic rings. The number of rotatable bonds is 5. The van der Waals surface area contributed by atoms with Crippen LogP contribution in [-0.2, 0) is 17.8 Å². The summed E-state index contributed by atoms with van der Waals surface area (Å²) in [6.07, 6.45) is 4.60. The molecule has 0 aliphatic carbocycles. The lowest BCUT2D eigenvalue weighted by atomic mass is 10.1. The number of amides is 1. The lowest BCUT2D eigenvalue weighted by Gasteiger charge is -2.08. The first-order valence-electron chi connectivity index (χ1n) is 6.38. The molecule has 0 aliphatic rings. The van der Waals surface area contributed by atoms with Crippen molar-refractivity contribution in [3.05, 3.63) is 46.7 Å². The fourth-order valence-electron chi connectivity index (χ4n) is 1.72. The Balaban J connectivity index is 0.00000220. The van der Waals surface area contributed by atoms with Crippen molar-refractivity contribution in [2.75, 3.05) is 5.32 Å². The predicted molar refractivity (Wildman–Crippen MR) is 89.6 cm³/mol. The van der Waals surface area contributed by atoms with Crippen LogP contribution in [0.2, 0.25) is 0 Å². The topological polar surface area (TPSA) is 72.9 Å². The van der Waals surface area contributed by atoms with Crippen molar-refractivity contribution in [2.45, 2.75) is 25.9 Å². The van der Waals surface area contributed by atoms with E-state index in [2.05, 4.69) is 26.3 Å². The minimum atomic E-state index is -0.507. The Labute approximate surface area is 138 Å². The molecule has 21 heavy (non-hydrogen) atoms. The molecule has 0 aliphatic heterocycles. The lowest BCUT2D eigenvalue weighted by molar-refractivity contribution is -0.117. The molecule has 114 valence electrons. The van der Waals surface area contributed by atoms with Crippen molar-refractivity contribution >= 4 is 39.9 Å². The molecule has 1 atom stereocenters. The van der Waals surface area contributed by atoms with Crippen LogP contribution in [0.4, 0.5) is 5.69 Å². The number of anilines is 1. The van der Waals surface area contributed by atoms with Crippen LogP contribution in [0, 0.1) is 0 Å². The number of hydrogen-bond acceptors (Lipinski definition) is 3. The quantitative estimate of drug-likeness (QED) is 0.846. The second-order valence-corrected chi connectivity index (χ2v) is 5.56. The van der Waals surface area contributed by atoms with Gasteiger partial charge in [-0.1, -0.05) is 12.1 Å². The SMILES string of the molecule is C[C@H](N)C(=O)Nc1ccc(CCn2cc(Br)cn2)cc1.Cl. The molecule has 0 saturated carbocycles. The first-order chi connectivity index (χ1) is 9.54. The van der Waals surface area contributed by atoms with Crippen molar-refractivity contribution < 1.29 is 4.79 Å². The van der Waals surface area contributed by atoms with E-state index in [0.29, 0.717) is 0 Å². The Kier molecular flexibility index (Phi) is 6.87. The Bertz CT molecular complexity index is 583. The Hall–Kier alpha value is -1.37. The zero-order valence-electron chi connectivity index (χ0n) is 11.6. The Morgan fingerprint density at radius 3 is 2.62 bits per heavy atom. The summed E-state index contributed by atoms with van der Waals surface area (Å²) in [5, 5.41) is 6.96. The zero-order chi connectivity index (χ0) is 14.5. The van der Waals surface area contributed by atoms with Crippen LogP contribution >= 0.6 is 28.3 Å². The highest BCUT2D eigenvalue weighted by atomic mass is 79.9. The molecule has 0 radical (unpaired) electrons. The van der Waals surface area contributed by atoms with E-state index < -0.39 is 6.04 Å². The summed E-state index contributed by atoms with van der Waals surface area (Å²) >= 11 is 3.37. The molecule has 1 amide bonds. The van der Waals surface area contributed by atoms with E-state index in [1.54, 1.807) is 13.1 Å². The molecular weight excluding hydrogens is 356 g/mol. The second kappa shape index (κ2) is 8.17. The number of aryl methyl sites for hydroxylation is 2. The smallest absolute Gasteiger partial charge is 0.240 e. The molecule has 1 heterocycles. The normalized spacial score (nSPS) is 11.6. The zero-order valence-corrected chi connectivity index (χ0v) is 14.0. The highest BCUT2D eigenvalue weighted by molar-refractivity contribution is 9.10. The van der Waals surface area contributed by atoms with Crippen LogP contribution < -0.4 is 11.1 Å². The van der Waals surface area contributed by atoms with Gasteiger partial charge in [0.25, 0.3) is 0 Å². The number of carbonyl (C=O) groups excluding carboxylic acids is 1. The largest absolute Gasteiger partial charge is 0.325 e. The highest BCUT2D eigenvalue weighted by Gasteiger charge is 2.07. The van der Waals surface area contributed by atoms with Crippen molar-refractivity contribution in [3.8, 4) is 0 Å². The number of benzene rings is 1. The van der Waals surface area contributed by atoms with Crippen LogP contribution in [-0.4, -0.2) is 21.7 Å². The molecule has 5 nitrogen and oxygen atoms in total. The third-order valence-corrected chi connectivity index (χ3v) is 3.28. The van der Waals surface area contributed by atoms with Gasteiger partial charge >= 0.3 is 0 Å². The number of carbonyl (C=O) groups is 1. The number of nitrogens with zero attached hydrogens (tertiary/aromatic N) is 2. The summed E-state index contributed by atoms with van der Waals surface area (Å²) in [5.41, 5.74) is 7.45. The summed E-state index contributed by atoms with van der Waals surface area (Å²) in [4.78, 5) is 11.5. The summed E-state index contributed by atoms with van der Waals surface area (Å²) in [5.74, 6) is -0.181. The van der Waals surface area contributed by atoms with E-state index in [1.165, 1.54) is 5.56 Å². The Morgan fingerprint density at radius 1 is 1.43 bits per heavy atom. The Morgan fingerprint density at radius 2 is 2.10 bits per heavy atom. The second-order valence-electron chi connectivity index (χ2n) is 4.65. The van der Waals surface area contributed by atoms with Crippen LogP contribution in [0.3, 0.4) is 0 Å². The number of nitrogens with two attached hydrogens (primary N) is 1. The van der Waals surface area contributed by atoms with Gasteiger partial charge in [0, 0.05) is 18.4 Å². The maximum absolute atomic E-state index is 11.5. The molecule has 0 saturated heterocycles. The minimum Gasteiger partial charge on any atom is -0.325 e. The summed E-state index contributed by atoms with van der Waals surface area (Å²) in [7, 11) is 0. The van der Waals surface area contributed by atoms with Gasteiger partial charge in [0.2, 0.25) is 5.91 Å². The van der Waals surface area contributed by atoms with E-state index in [4.69, 9.17) is 5.73 Å². The highest BCUT2D eigenvalue weighted by Crippen LogP contribution is 2.12. The molecule has 1 aromatic heterocycles. The summed E-state index contributed by atoms with van der Waals surface area (Å²) in [6, 6.07) is 7.25. The predicted octanol–water partition coefficient (Wildman–Crippen LogP) is 2.60. The molecule has 0 bridgehead atoms. The fourth-order valence-corrected chi connectivity index (χ4v) is 2.04. The average Bonchev–Trinajstić information content (AvgIpc) is 2.83. The van der Waals surface area contributed by atoms with Crippen LogP contribution in [0.5, 0.6) is 0 Å². The average molecular weight is 374 g/mol. The maximum atomic E-state index is 11.5. The molecule has 2 rings (SSSR count). The third kappa shape index (κ3) is 5.49. The third-order valence-electron chi connectivity index (χ3n) is 2.87. The molecule has 0 unspecified atom stereocenters. The molecular formula is C14H18BrClN4O. The van der Waals surface area contributed by atoms with Crippen molar-refractivity contribution in [1.82, 2.24) is 9.78 Å². The van der Waals surface area contributed by atoms with Gasteiger partial charge < -0.3 is 11.1 Å².